The highest BCUT2D eigenvalue weighted by Gasteiger charge is 2.08. The summed E-state index contributed by atoms with van der Waals surface area (Å²) in [6.45, 7) is 4.63. The number of carbonyl (C=O) groups is 2. The number of aryl methyl sites for hydroxylation is 2. The molecular formula is C18H23N3O3. The van der Waals surface area contributed by atoms with Gasteiger partial charge in [0.05, 0.1) is 12.2 Å². The summed E-state index contributed by atoms with van der Waals surface area (Å²) in [7, 11) is 0. The van der Waals surface area contributed by atoms with E-state index in [2.05, 4.69) is 22.7 Å². The molecule has 1 heterocycles. The van der Waals surface area contributed by atoms with Crippen LogP contribution in [0.4, 0.5) is 0 Å². The minimum absolute atomic E-state index is 0.146. The maximum absolute atomic E-state index is 11.9. The molecule has 0 saturated heterocycles. The number of nitrogens with one attached hydrogen (secondary N) is 2. The fraction of sp³-hybridized carbons (Fsp3) is 0.389. The van der Waals surface area contributed by atoms with Crippen LogP contribution in [0.2, 0.25) is 0 Å². The monoisotopic (exact) mass is 329 g/mol. The Kier molecular flexibility index (Phi) is 6.54. The van der Waals surface area contributed by atoms with E-state index < -0.39 is 0 Å². The number of nitrogens with zero attached hydrogens (tertiary/aromatic N) is 1. The zero-order valence-electron chi connectivity index (χ0n) is 14.1. The van der Waals surface area contributed by atoms with Gasteiger partial charge in [-0.2, -0.15) is 0 Å². The van der Waals surface area contributed by atoms with Gasteiger partial charge in [-0.05, 0) is 25.5 Å². The van der Waals surface area contributed by atoms with Crippen molar-refractivity contribution >= 4 is 11.8 Å². The summed E-state index contributed by atoms with van der Waals surface area (Å²) in [5.41, 5.74) is 2.58. The highest BCUT2D eigenvalue weighted by molar-refractivity contribution is 5.94. The second-order valence-corrected chi connectivity index (χ2v) is 5.68. The predicted molar refractivity (Wildman–Crippen MR) is 90.5 cm³/mol. The highest BCUT2D eigenvalue weighted by atomic mass is 16.5. The number of benzene rings is 1. The van der Waals surface area contributed by atoms with Gasteiger partial charge in [-0.1, -0.05) is 36.2 Å². The Morgan fingerprint density at radius 3 is 2.62 bits per heavy atom. The third-order valence-electron chi connectivity index (χ3n) is 3.53. The summed E-state index contributed by atoms with van der Waals surface area (Å²) in [6, 6.07) is 9.14. The largest absolute Gasteiger partial charge is 0.359 e. The van der Waals surface area contributed by atoms with Crippen LogP contribution in [-0.2, 0) is 17.8 Å². The lowest BCUT2D eigenvalue weighted by molar-refractivity contribution is -0.121. The lowest BCUT2D eigenvalue weighted by Crippen LogP contribution is -2.30. The van der Waals surface area contributed by atoms with Crippen molar-refractivity contribution in [3.05, 3.63) is 52.9 Å². The highest BCUT2D eigenvalue weighted by Crippen LogP contribution is 2.05. The van der Waals surface area contributed by atoms with Gasteiger partial charge in [0.15, 0.2) is 5.76 Å². The zero-order valence-corrected chi connectivity index (χ0v) is 14.1. The molecule has 2 aromatic rings. The molecule has 0 aliphatic rings. The average Bonchev–Trinajstić information content (AvgIpc) is 3.01. The van der Waals surface area contributed by atoms with E-state index in [-0.39, 0.29) is 24.8 Å². The molecule has 0 aliphatic heterocycles. The van der Waals surface area contributed by atoms with E-state index in [0.717, 1.165) is 24.1 Å². The molecule has 6 heteroatoms. The first-order chi connectivity index (χ1) is 11.6. The average molecular weight is 329 g/mol. The van der Waals surface area contributed by atoms with E-state index >= 15 is 0 Å². The first kappa shape index (κ1) is 17.7. The van der Waals surface area contributed by atoms with Crippen molar-refractivity contribution in [1.82, 2.24) is 15.8 Å². The molecule has 6 nitrogen and oxygen atoms in total. The van der Waals surface area contributed by atoms with Crippen LogP contribution in [0.5, 0.6) is 0 Å². The number of hydrogen-bond acceptors (Lipinski definition) is 4. The summed E-state index contributed by atoms with van der Waals surface area (Å²) in [4.78, 5) is 23.7. The van der Waals surface area contributed by atoms with E-state index in [1.54, 1.807) is 12.1 Å². The third kappa shape index (κ3) is 5.53. The van der Waals surface area contributed by atoms with Gasteiger partial charge in [0, 0.05) is 24.6 Å². The molecule has 0 spiro atoms. The Hall–Kier alpha value is -2.63. The van der Waals surface area contributed by atoms with Crippen molar-refractivity contribution in [2.24, 2.45) is 0 Å². The molecule has 1 aromatic heterocycles. The van der Waals surface area contributed by atoms with Crippen LogP contribution >= 0.6 is 0 Å². The summed E-state index contributed by atoms with van der Waals surface area (Å²) in [5.74, 6) is 0.311. The molecule has 0 atom stereocenters. The fourth-order valence-electron chi connectivity index (χ4n) is 2.18. The van der Waals surface area contributed by atoms with E-state index in [4.69, 9.17) is 4.52 Å². The summed E-state index contributed by atoms with van der Waals surface area (Å²) < 4.78 is 5.14. The topological polar surface area (TPSA) is 84.2 Å². The molecule has 0 saturated carbocycles. The number of carbonyl (C=O) groups excluding carboxylic acids is 2. The van der Waals surface area contributed by atoms with E-state index in [9.17, 15) is 9.59 Å². The second-order valence-electron chi connectivity index (χ2n) is 5.68. The predicted octanol–water partition coefficient (Wildman–Crippen LogP) is 2.37. The third-order valence-corrected chi connectivity index (χ3v) is 3.53. The van der Waals surface area contributed by atoms with Gasteiger partial charge in [-0.15, -0.1) is 0 Å². The SMILES string of the molecule is CCCc1cc(CNC(=O)CCNC(=O)c2ccc(C)cc2)on1. The quantitative estimate of drug-likeness (QED) is 0.779. The molecule has 0 bridgehead atoms. The Bertz CT molecular complexity index is 677. The minimum Gasteiger partial charge on any atom is -0.359 e. The van der Waals surface area contributed by atoms with Crippen LogP contribution in [0.25, 0.3) is 0 Å². The second kappa shape index (κ2) is 8.86. The summed E-state index contributed by atoms with van der Waals surface area (Å²) in [5, 5.41) is 9.41. The van der Waals surface area contributed by atoms with E-state index in [1.807, 2.05) is 25.1 Å². The Labute approximate surface area is 141 Å². The number of amides is 2. The van der Waals surface area contributed by atoms with Crippen molar-refractivity contribution < 1.29 is 14.1 Å². The van der Waals surface area contributed by atoms with Gasteiger partial charge in [-0.25, -0.2) is 0 Å². The molecule has 0 fully saturated rings. The Morgan fingerprint density at radius 1 is 1.17 bits per heavy atom. The van der Waals surface area contributed by atoms with E-state index in [1.165, 1.54) is 0 Å². The molecular weight excluding hydrogens is 306 g/mol. The van der Waals surface area contributed by atoms with E-state index in [0.29, 0.717) is 17.9 Å². The molecule has 2 rings (SSSR count). The van der Waals surface area contributed by atoms with Crippen LogP contribution in [0, 0.1) is 6.92 Å². The maximum atomic E-state index is 11.9. The molecule has 24 heavy (non-hydrogen) atoms. The van der Waals surface area contributed by atoms with Crippen molar-refractivity contribution in [2.75, 3.05) is 6.54 Å². The van der Waals surface area contributed by atoms with Gasteiger partial charge in [-0.3, -0.25) is 9.59 Å². The van der Waals surface area contributed by atoms with Crippen LogP contribution in [0.1, 0.15) is 47.1 Å². The van der Waals surface area contributed by atoms with Crippen molar-refractivity contribution in [3.8, 4) is 0 Å². The summed E-state index contributed by atoms with van der Waals surface area (Å²) >= 11 is 0. The number of hydrogen-bond donors (Lipinski definition) is 2. The lowest BCUT2D eigenvalue weighted by Gasteiger charge is -2.06. The van der Waals surface area contributed by atoms with Crippen molar-refractivity contribution in [2.45, 2.75) is 39.7 Å². The van der Waals surface area contributed by atoms with Crippen molar-refractivity contribution in [1.29, 1.82) is 0 Å². The first-order valence-corrected chi connectivity index (χ1v) is 8.14. The molecule has 0 aliphatic carbocycles. The van der Waals surface area contributed by atoms with Crippen LogP contribution in [0.15, 0.2) is 34.9 Å². The van der Waals surface area contributed by atoms with Crippen LogP contribution in [-0.4, -0.2) is 23.5 Å². The smallest absolute Gasteiger partial charge is 0.251 e. The zero-order chi connectivity index (χ0) is 17.4. The lowest BCUT2D eigenvalue weighted by atomic mass is 10.1. The summed E-state index contributed by atoms with van der Waals surface area (Å²) in [6.07, 6.45) is 2.08. The van der Waals surface area contributed by atoms with Crippen LogP contribution in [0.3, 0.4) is 0 Å². The van der Waals surface area contributed by atoms with Gasteiger partial charge < -0.3 is 15.2 Å². The molecule has 128 valence electrons. The fourth-order valence-corrected chi connectivity index (χ4v) is 2.18. The molecule has 2 N–H and O–H groups in total. The van der Waals surface area contributed by atoms with Crippen LogP contribution < -0.4 is 10.6 Å². The molecule has 1 aromatic carbocycles. The molecule has 0 radical (unpaired) electrons. The molecule has 2 amide bonds. The van der Waals surface area contributed by atoms with Gasteiger partial charge in [0.1, 0.15) is 0 Å². The Morgan fingerprint density at radius 2 is 1.92 bits per heavy atom. The normalized spacial score (nSPS) is 10.4. The number of rotatable bonds is 8. The maximum Gasteiger partial charge on any atom is 0.251 e. The minimum atomic E-state index is -0.178. The molecule has 0 unspecified atom stereocenters. The standard InChI is InChI=1S/C18H23N3O3/c1-3-4-15-11-16(24-21-15)12-20-17(22)9-10-19-18(23)14-7-5-13(2)6-8-14/h5-8,11H,3-4,9-10,12H2,1-2H3,(H,19,23)(H,20,22). The van der Waals surface area contributed by atoms with Gasteiger partial charge in [0.25, 0.3) is 5.91 Å². The van der Waals surface area contributed by atoms with Crippen molar-refractivity contribution in [3.63, 3.8) is 0 Å². The van der Waals surface area contributed by atoms with Gasteiger partial charge >= 0.3 is 0 Å². The Balaban J connectivity index is 1.67. The first-order valence-electron chi connectivity index (χ1n) is 8.14. The number of aromatic nitrogens is 1. The van der Waals surface area contributed by atoms with Gasteiger partial charge in [0.2, 0.25) is 5.91 Å².